The van der Waals surface area contributed by atoms with Gasteiger partial charge in [0.05, 0.1) is 24.4 Å². The number of hydrogen-bond donors (Lipinski definition) is 1. The number of carbonyl (C=O) groups is 3. The van der Waals surface area contributed by atoms with Crippen LogP contribution in [0.2, 0.25) is 0 Å². The van der Waals surface area contributed by atoms with Crippen molar-refractivity contribution in [1.82, 2.24) is 10.2 Å². The Kier molecular flexibility index (Phi) is 6.63. The molecule has 1 N–H and O–H groups in total. The Bertz CT molecular complexity index is 766. The molecule has 2 aromatic heterocycles. The number of ether oxygens (including phenoxy) is 1. The van der Waals surface area contributed by atoms with Gasteiger partial charge in [-0.2, -0.15) is 0 Å². The van der Waals surface area contributed by atoms with Gasteiger partial charge in [0.25, 0.3) is 5.91 Å². The number of rotatable bonds is 6. The third kappa shape index (κ3) is 4.95. The molecule has 0 radical (unpaired) electrons. The van der Waals surface area contributed by atoms with E-state index in [1.165, 1.54) is 29.8 Å². The summed E-state index contributed by atoms with van der Waals surface area (Å²) in [6.07, 6.45) is 1.36. The molecule has 1 fully saturated rings. The molecule has 1 saturated heterocycles. The van der Waals surface area contributed by atoms with Crippen molar-refractivity contribution in [3.05, 3.63) is 44.8 Å². The first-order valence-electron chi connectivity index (χ1n) is 8.82. The predicted octanol–water partition coefficient (Wildman–Crippen LogP) is 3.08. The highest BCUT2D eigenvalue weighted by molar-refractivity contribution is 7.12. The lowest BCUT2D eigenvalue weighted by atomic mass is 9.95. The second kappa shape index (κ2) is 9.14. The van der Waals surface area contributed by atoms with E-state index >= 15 is 0 Å². The minimum Gasteiger partial charge on any atom is -0.469 e. The van der Waals surface area contributed by atoms with E-state index in [4.69, 9.17) is 4.74 Å². The maximum absolute atomic E-state index is 12.7. The predicted molar refractivity (Wildman–Crippen MR) is 105 cm³/mol. The van der Waals surface area contributed by atoms with Gasteiger partial charge in [0.2, 0.25) is 5.91 Å². The number of nitrogens with one attached hydrogen (secondary N) is 1. The Morgan fingerprint density at radius 1 is 1.19 bits per heavy atom. The first-order chi connectivity index (χ1) is 13.1. The number of piperidine rings is 1. The summed E-state index contributed by atoms with van der Waals surface area (Å²) in [7, 11) is 1.34. The molecule has 1 aliphatic rings. The lowest BCUT2D eigenvalue weighted by Gasteiger charge is -2.31. The van der Waals surface area contributed by atoms with Crippen LogP contribution in [0.3, 0.4) is 0 Å². The molecule has 3 heterocycles. The van der Waals surface area contributed by atoms with Gasteiger partial charge in [-0.25, -0.2) is 0 Å². The summed E-state index contributed by atoms with van der Waals surface area (Å²) in [5.74, 6) is -0.547. The summed E-state index contributed by atoms with van der Waals surface area (Å²) in [6.45, 7) is 1.13. The Labute approximate surface area is 166 Å². The van der Waals surface area contributed by atoms with Gasteiger partial charge < -0.3 is 15.0 Å². The molecule has 2 amide bonds. The molecular weight excluding hydrogens is 384 g/mol. The number of carbonyl (C=O) groups excluding carboxylic acids is 3. The minimum absolute atomic E-state index is 0.0333. The number of likely N-dealkylation sites (tertiary alicyclic amines) is 1. The summed E-state index contributed by atoms with van der Waals surface area (Å²) in [6, 6.07) is 7.11. The zero-order valence-corrected chi connectivity index (χ0v) is 16.7. The van der Waals surface area contributed by atoms with Crippen molar-refractivity contribution in [2.75, 3.05) is 20.2 Å². The molecule has 0 unspecified atom stereocenters. The Morgan fingerprint density at radius 3 is 2.48 bits per heavy atom. The molecule has 1 aliphatic heterocycles. The fraction of sp³-hybridized carbons (Fsp3) is 0.421. The van der Waals surface area contributed by atoms with Crippen molar-refractivity contribution in [2.45, 2.75) is 25.3 Å². The molecule has 0 bridgehead atoms. The third-order valence-corrected chi connectivity index (χ3v) is 6.53. The average Bonchev–Trinajstić information content (AvgIpc) is 3.40. The normalized spacial score (nSPS) is 16.0. The number of esters is 1. The van der Waals surface area contributed by atoms with Gasteiger partial charge in [0.15, 0.2) is 0 Å². The van der Waals surface area contributed by atoms with Crippen LogP contribution in [0.4, 0.5) is 0 Å². The standard InChI is InChI=1S/C19H22N2O4S2/c1-25-17(22)12-14(15-4-2-10-26-15)20-18(23)13-6-8-21(9-7-13)19(24)16-5-3-11-27-16/h2-5,10-11,13-14H,6-9,12H2,1H3,(H,20,23)/t14-/m1/s1. The second-order valence-corrected chi connectivity index (χ2v) is 8.33. The van der Waals surface area contributed by atoms with E-state index in [1.807, 2.05) is 35.0 Å². The van der Waals surface area contributed by atoms with E-state index < -0.39 is 0 Å². The molecule has 144 valence electrons. The van der Waals surface area contributed by atoms with E-state index in [1.54, 1.807) is 4.90 Å². The topological polar surface area (TPSA) is 75.7 Å². The molecular formula is C19H22N2O4S2. The fourth-order valence-corrected chi connectivity index (χ4v) is 4.62. The van der Waals surface area contributed by atoms with Crippen molar-refractivity contribution in [2.24, 2.45) is 5.92 Å². The number of nitrogens with zero attached hydrogens (tertiary/aromatic N) is 1. The van der Waals surface area contributed by atoms with Crippen LogP contribution in [-0.4, -0.2) is 42.9 Å². The van der Waals surface area contributed by atoms with E-state index in [0.717, 1.165) is 9.75 Å². The van der Waals surface area contributed by atoms with Gasteiger partial charge in [-0.1, -0.05) is 12.1 Å². The van der Waals surface area contributed by atoms with Crippen molar-refractivity contribution in [1.29, 1.82) is 0 Å². The lowest BCUT2D eigenvalue weighted by molar-refractivity contribution is -0.141. The van der Waals surface area contributed by atoms with E-state index in [0.29, 0.717) is 25.9 Å². The van der Waals surface area contributed by atoms with E-state index in [9.17, 15) is 14.4 Å². The Balaban J connectivity index is 1.56. The molecule has 0 spiro atoms. The molecule has 3 rings (SSSR count). The third-order valence-electron chi connectivity index (χ3n) is 4.69. The van der Waals surface area contributed by atoms with Crippen LogP contribution in [0, 0.1) is 5.92 Å². The highest BCUT2D eigenvalue weighted by Crippen LogP contribution is 2.25. The smallest absolute Gasteiger partial charge is 0.307 e. The van der Waals surface area contributed by atoms with Gasteiger partial charge in [0.1, 0.15) is 0 Å². The summed E-state index contributed by atoms with van der Waals surface area (Å²) in [5.41, 5.74) is 0. The number of amides is 2. The molecule has 1 atom stereocenters. The average molecular weight is 407 g/mol. The van der Waals surface area contributed by atoms with Crippen LogP contribution in [-0.2, 0) is 14.3 Å². The Morgan fingerprint density at radius 2 is 1.89 bits per heavy atom. The first-order valence-corrected chi connectivity index (χ1v) is 10.6. The molecule has 2 aromatic rings. The van der Waals surface area contributed by atoms with Crippen LogP contribution >= 0.6 is 22.7 Å². The molecule has 0 saturated carbocycles. The zero-order chi connectivity index (χ0) is 19.2. The zero-order valence-electron chi connectivity index (χ0n) is 15.1. The Hall–Kier alpha value is -2.19. The summed E-state index contributed by atoms with van der Waals surface area (Å²) in [5, 5.41) is 6.80. The van der Waals surface area contributed by atoms with Gasteiger partial charge >= 0.3 is 5.97 Å². The molecule has 0 aromatic carbocycles. The van der Waals surface area contributed by atoms with Crippen molar-refractivity contribution in [3.63, 3.8) is 0 Å². The number of methoxy groups -OCH3 is 1. The van der Waals surface area contributed by atoms with Crippen LogP contribution in [0.25, 0.3) is 0 Å². The molecule has 8 heteroatoms. The van der Waals surface area contributed by atoms with Gasteiger partial charge in [-0.3, -0.25) is 14.4 Å². The van der Waals surface area contributed by atoms with Crippen molar-refractivity contribution >= 4 is 40.5 Å². The molecule has 0 aliphatic carbocycles. The van der Waals surface area contributed by atoms with Crippen molar-refractivity contribution in [3.8, 4) is 0 Å². The number of hydrogen-bond acceptors (Lipinski definition) is 6. The molecule has 6 nitrogen and oxygen atoms in total. The monoisotopic (exact) mass is 406 g/mol. The maximum Gasteiger partial charge on any atom is 0.307 e. The largest absolute Gasteiger partial charge is 0.469 e. The van der Waals surface area contributed by atoms with Crippen LogP contribution in [0.5, 0.6) is 0 Å². The second-order valence-electron chi connectivity index (χ2n) is 6.40. The van der Waals surface area contributed by atoms with Gasteiger partial charge in [-0.15, -0.1) is 22.7 Å². The highest BCUT2D eigenvalue weighted by atomic mass is 32.1. The molecule has 27 heavy (non-hydrogen) atoms. The summed E-state index contributed by atoms with van der Waals surface area (Å²) in [4.78, 5) is 40.3. The van der Waals surface area contributed by atoms with Crippen molar-refractivity contribution < 1.29 is 19.1 Å². The first kappa shape index (κ1) is 19.6. The summed E-state index contributed by atoms with van der Waals surface area (Å²) < 4.78 is 4.75. The number of thiophene rings is 2. The lowest BCUT2D eigenvalue weighted by Crippen LogP contribution is -2.43. The van der Waals surface area contributed by atoms with Crippen LogP contribution in [0.1, 0.15) is 39.9 Å². The van der Waals surface area contributed by atoms with Gasteiger partial charge in [0, 0.05) is 23.9 Å². The SMILES string of the molecule is COC(=O)C[C@@H](NC(=O)C1CCN(C(=O)c2cccs2)CC1)c1cccs1. The van der Waals surface area contributed by atoms with Crippen LogP contribution in [0.15, 0.2) is 35.0 Å². The minimum atomic E-state index is -0.379. The summed E-state index contributed by atoms with van der Waals surface area (Å²) >= 11 is 2.93. The highest BCUT2D eigenvalue weighted by Gasteiger charge is 2.30. The van der Waals surface area contributed by atoms with Gasteiger partial charge in [-0.05, 0) is 35.7 Å². The quantitative estimate of drug-likeness (QED) is 0.748. The van der Waals surface area contributed by atoms with E-state index in [-0.39, 0.29) is 36.2 Å². The maximum atomic E-state index is 12.7. The van der Waals surface area contributed by atoms with Crippen LogP contribution < -0.4 is 5.32 Å². The fourth-order valence-electron chi connectivity index (χ4n) is 3.15. The van der Waals surface area contributed by atoms with E-state index in [2.05, 4.69) is 5.32 Å².